The number of pyridine rings is 1. The zero-order valence-corrected chi connectivity index (χ0v) is 29.0. The minimum Gasteiger partial charge on any atom is -0.496 e. The van der Waals surface area contributed by atoms with E-state index in [1.165, 1.54) is 7.11 Å². The fraction of sp³-hybridized carbons (Fsp3) is 0.343. The molecule has 3 amide bonds. The molecule has 1 fully saturated rings. The number of hydrogen-bond donors (Lipinski definition) is 3. The summed E-state index contributed by atoms with van der Waals surface area (Å²) < 4.78 is 12.4. The van der Waals surface area contributed by atoms with E-state index in [0.29, 0.717) is 83.0 Å². The highest BCUT2D eigenvalue weighted by molar-refractivity contribution is 6.39. The first kappa shape index (κ1) is 34.4. The maximum atomic E-state index is 13.5. The van der Waals surface area contributed by atoms with Crippen molar-refractivity contribution in [3.63, 3.8) is 0 Å². The Labute approximate surface area is 294 Å². The number of carbonyl (C=O) groups is 3. The molecule has 49 heavy (non-hydrogen) atoms. The number of nitrogens with one attached hydrogen (secondary N) is 3. The monoisotopic (exact) mass is 705 g/mol. The van der Waals surface area contributed by atoms with Gasteiger partial charge in [0.25, 0.3) is 5.91 Å². The van der Waals surface area contributed by atoms with Gasteiger partial charge in [-0.15, -0.1) is 0 Å². The maximum Gasteiger partial charge on any atom is 0.291 e. The second-order valence-corrected chi connectivity index (χ2v) is 12.7. The van der Waals surface area contributed by atoms with Gasteiger partial charge in [-0.3, -0.25) is 19.4 Å². The standard InChI is InChI=1S/C35H37Cl2N7O5/c1-43-27-12-14-44(30(46)19-48-2)18-26(27)41-34(43)35(47)42-25-6-4-5-23(31(25)36)24-11-13-39-33(32(24)37)20-7-8-21(28(15-20)49-3)16-38-17-22-9-10-29(45)40-22/h4-8,11,13,15,22,38H,9-10,12,14,16-19H2,1-3H3,(H,40,45)(H,42,47)/t22-/m1/s1. The summed E-state index contributed by atoms with van der Waals surface area (Å²) in [7, 11) is 4.89. The molecule has 2 aromatic heterocycles. The van der Waals surface area contributed by atoms with Crippen molar-refractivity contribution in [2.24, 2.45) is 7.05 Å². The molecule has 0 aliphatic carbocycles. The van der Waals surface area contributed by atoms with Crippen LogP contribution in [-0.2, 0) is 40.9 Å². The number of nitrogens with zero attached hydrogens (tertiary/aromatic N) is 4. The largest absolute Gasteiger partial charge is 0.496 e. The van der Waals surface area contributed by atoms with Gasteiger partial charge in [-0.1, -0.05) is 47.5 Å². The predicted octanol–water partition coefficient (Wildman–Crippen LogP) is 4.62. The summed E-state index contributed by atoms with van der Waals surface area (Å²) >= 11 is 13.9. The third-order valence-corrected chi connectivity index (χ3v) is 9.65. The summed E-state index contributed by atoms with van der Waals surface area (Å²) in [6, 6.07) is 13.0. The highest BCUT2D eigenvalue weighted by Gasteiger charge is 2.28. The van der Waals surface area contributed by atoms with Crippen molar-refractivity contribution in [1.29, 1.82) is 0 Å². The van der Waals surface area contributed by atoms with Gasteiger partial charge in [0.1, 0.15) is 12.4 Å². The molecule has 2 aliphatic heterocycles. The fourth-order valence-corrected chi connectivity index (χ4v) is 6.87. The molecule has 3 N–H and O–H groups in total. The van der Waals surface area contributed by atoms with Crippen molar-refractivity contribution in [3.05, 3.63) is 81.5 Å². The van der Waals surface area contributed by atoms with Crippen LogP contribution in [0.25, 0.3) is 22.4 Å². The van der Waals surface area contributed by atoms with Crippen molar-refractivity contribution in [2.75, 3.05) is 39.2 Å². The summed E-state index contributed by atoms with van der Waals surface area (Å²) in [5.74, 6) is 0.434. The number of aromatic nitrogens is 3. The van der Waals surface area contributed by atoms with Crippen LogP contribution in [0.4, 0.5) is 5.69 Å². The van der Waals surface area contributed by atoms with Crippen LogP contribution in [0.3, 0.4) is 0 Å². The Balaban J connectivity index is 1.20. The average Bonchev–Trinajstić information content (AvgIpc) is 3.67. The second kappa shape index (κ2) is 15.0. The molecule has 0 unspecified atom stereocenters. The number of hydrogen-bond acceptors (Lipinski definition) is 8. The van der Waals surface area contributed by atoms with Gasteiger partial charge in [0.2, 0.25) is 11.8 Å². The number of anilines is 1. The highest BCUT2D eigenvalue weighted by Crippen LogP contribution is 2.41. The van der Waals surface area contributed by atoms with Crippen LogP contribution in [0.5, 0.6) is 5.75 Å². The number of methoxy groups -OCH3 is 2. The predicted molar refractivity (Wildman–Crippen MR) is 187 cm³/mol. The number of carbonyl (C=O) groups excluding carboxylic acids is 3. The molecular weight excluding hydrogens is 669 g/mol. The van der Waals surface area contributed by atoms with E-state index in [1.807, 2.05) is 24.3 Å². The lowest BCUT2D eigenvalue weighted by molar-refractivity contribution is -0.136. The number of benzene rings is 2. The Hall–Kier alpha value is -4.49. The van der Waals surface area contributed by atoms with Crippen LogP contribution in [0.1, 0.15) is 40.4 Å². The van der Waals surface area contributed by atoms with E-state index in [0.717, 1.165) is 23.2 Å². The lowest BCUT2D eigenvalue weighted by Gasteiger charge is -2.26. The molecule has 256 valence electrons. The molecule has 0 spiro atoms. The molecule has 14 heteroatoms. The molecule has 2 aliphatic rings. The molecule has 0 radical (unpaired) electrons. The van der Waals surface area contributed by atoms with Crippen molar-refractivity contribution < 1.29 is 23.9 Å². The van der Waals surface area contributed by atoms with Gasteiger partial charge in [0.05, 0.1) is 40.8 Å². The number of rotatable bonds is 11. The van der Waals surface area contributed by atoms with E-state index in [9.17, 15) is 14.4 Å². The number of halogens is 2. The number of ether oxygens (including phenoxy) is 2. The average molecular weight is 707 g/mol. The van der Waals surface area contributed by atoms with Crippen LogP contribution in [0.2, 0.25) is 10.0 Å². The molecule has 12 nitrogen and oxygen atoms in total. The summed E-state index contributed by atoms with van der Waals surface area (Å²) in [4.78, 5) is 48.2. The molecule has 1 atom stereocenters. The van der Waals surface area contributed by atoms with E-state index in [2.05, 4.69) is 25.9 Å². The Bertz CT molecular complexity index is 1910. The lowest BCUT2D eigenvalue weighted by atomic mass is 10.0. The number of amides is 3. The lowest BCUT2D eigenvalue weighted by Crippen LogP contribution is -2.38. The Morgan fingerprint density at radius 2 is 1.90 bits per heavy atom. The zero-order valence-electron chi connectivity index (χ0n) is 27.4. The van der Waals surface area contributed by atoms with E-state index in [1.54, 1.807) is 48.0 Å². The van der Waals surface area contributed by atoms with E-state index < -0.39 is 5.91 Å². The van der Waals surface area contributed by atoms with Crippen molar-refractivity contribution in [2.45, 2.75) is 38.4 Å². The van der Waals surface area contributed by atoms with E-state index in [-0.39, 0.29) is 30.3 Å². The normalized spacial score (nSPS) is 15.6. The van der Waals surface area contributed by atoms with Gasteiger partial charge >= 0.3 is 0 Å². The van der Waals surface area contributed by atoms with Gasteiger partial charge in [-0.05, 0) is 24.6 Å². The molecule has 1 saturated heterocycles. The molecule has 2 aromatic carbocycles. The zero-order chi connectivity index (χ0) is 34.7. The molecule has 0 bridgehead atoms. The molecular formula is C35H37Cl2N7O5. The Morgan fingerprint density at radius 3 is 2.65 bits per heavy atom. The summed E-state index contributed by atoms with van der Waals surface area (Å²) in [5, 5.41) is 9.97. The second-order valence-electron chi connectivity index (χ2n) is 12.0. The van der Waals surface area contributed by atoms with Gasteiger partial charge in [-0.25, -0.2) is 4.98 Å². The van der Waals surface area contributed by atoms with Gasteiger partial charge in [0.15, 0.2) is 5.82 Å². The minimum absolute atomic E-state index is 0.00435. The van der Waals surface area contributed by atoms with Crippen LogP contribution >= 0.6 is 23.2 Å². The van der Waals surface area contributed by atoms with Gasteiger partial charge in [0, 0.05) is 86.8 Å². The van der Waals surface area contributed by atoms with Crippen LogP contribution < -0.4 is 20.7 Å². The number of imidazole rings is 1. The van der Waals surface area contributed by atoms with E-state index in [4.69, 9.17) is 32.7 Å². The Kier molecular flexibility index (Phi) is 10.5. The van der Waals surface area contributed by atoms with Crippen molar-refractivity contribution in [3.8, 4) is 28.1 Å². The van der Waals surface area contributed by atoms with Gasteiger partial charge < -0.3 is 34.9 Å². The minimum atomic E-state index is -0.429. The van der Waals surface area contributed by atoms with E-state index >= 15 is 0 Å². The summed E-state index contributed by atoms with van der Waals surface area (Å²) in [5.41, 5.74) is 5.51. The first-order valence-corrected chi connectivity index (χ1v) is 16.7. The first-order chi connectivity index (χ1) is 23.7. The summed E-state index contributed by atoms with van der Waals surface area (Å²) in [6.45, 7) is 2.07. The SMILES string of the molecule is COCC(=O)N1CCc2c(nc(C(=O)Nc3cccc(-c4ccnc(-c5ccc(CNC[C@H]6CCC(=O)N6)c(OC)c5)c4Cl)c3Cl)n2C)C1. The fourth-order valence-electron chi connectivity index (χ4n) is 6.28. The maximum absolute atomic E-state index is 13.5. The quantitative estimate of drug-likeness (QED) is 0.206. The molecule has 4 aromatic rings. The topological polar surface area (TPSA) is 140 Å². The van der Waals surface area contributed by atoms with Crippen molar-refractivity contribution in [1.82, 2.24) is 30.1 Å². The summed E-state index contributed by atoms with van der Waals surface area (Å²) in [6.07, 6.45) is 3.63. The molecule has 0 saturated carbocycles. The molecule has 4 heterocycles. The smallest absolute Gasteiger partial charge is 0.291 e. The van der Waals surface area contributed by atoms with Crippen molar-refractivity contribution >= 4 is 46.6 Å². The highest BCUT2D eigenvalue weighted by atomic mass is 35.5. The third kappa shape index (κ3) is 7.28. The first-order valence-electron chi connectivity index (χ1n) is 15.9. The number of fused-ring (bicyclic) bond motifs is 1. The van der Waals surface area contributed by atoms with Gasteiger partial charge in [-0.2, -0.15) is 0 Å². The third-order valence-electron chi connectivity index (χ3n) is 8.86. The van der Waals surface area contributed by atoms with Crippen LogP contribution in [-0.4, -0.2) is 77.1 Å². The van der Waals surface area contributed by atoms with Crippen LogP contribution in [0.15, 0.2) is 48.7 Å². The van der Waals surface area contributed by atoms with Crippen LogP contribution in [0, 0.1) is 0 Å². The Morgan fingerprint density at radius 1 is 1.08 bits per heavy atom. The molecule has 6 rings (SSSR count).